The summed E-state index contributed by atoms with van der Waals surface area (Å²) in [5.41, 5.74) is 4.57. The van der Waals surface area contributed by atoms with Crippen LogP contribution in [-0.2, 0) is 4.43 Å². The van der Waals surface area contributed by atoms with E-state index in [9.17, 15) is 0 Å². The maximum Gasteiger partial charge on any atom is 0.203 e. The van der Waals surface area contributed by atoms with Crippen LogP contribution in [0.3, 0.4) is 0 Å². The molecule has 0 N–H and O–H groups in total. The number of allylic oxidation sites excluding steroid dienone is 3. The molecule has 86 valence electrons. The third-order valence-electron chi connectivity index (χ3n) is 3.62. The molecule has 0 aliphatic heterocycles. The predicted molar refractivity (Wildman–Crippen MR) is 69.7 cm³/mol. The van der Waals surface area contributed by atoms with Crippen LogP contribution < -0.4 is 0 Å². The SMILES string of the molecule is CC1=C(C)C(C)(C)C(O[SiH3])=C1C(C)(C)C. The summed E-state index contributed by atoms with van der Waals surface area (Å²) < 4.78 is 5.78. The van der Waals surface area contributed by atoms with Crippen molar-refractivity contribution in [1.82, 2.24) is 0 Å². The largest absolute Gasteiger partial charge is 0.555 e. The van der Waals surface area contributed by atoms with Crippen molar-refractivity contribution < 1.29 is 4.43 Å². The van der Waals surface area contributed by atoms with E-state index in [4.69, 9.17) is 4.43 Å². The first kappa shape index (κ1) is 12.6. The minimum atomic E-state index is 0.0917. The summed E-state index contributed by atoms with van der Waals surface area (Å²) in [5, 5.41) is 0. The molecule has 0 heterocycles. The van der Waals surface area contributed by atoms with Crippen molar-refractivity contribution in [2.24, 2.45) is 10.8 Å². The van der Waals surface area contributed by atoms with Gasteiger partial charge in [-0.25, -0.2) is 0 Å². The normalized spacial score (nSPS) is 21.5. The van der Waals surface area contributed by atoms with Crippen molar-refractivity contribution in [3.8, 4) is 0 Å². The lowest BCUT2D eigenvalue weighted by atomic mass is 9.82. The highest BCUT2D eigenvalue weighted by atomic mass is 28.2. The fourth-order valence-corrected chi connectivity index (χ4v) is 3.28. The highest BCUT2D eigenvalue weighted by Gasteiger charge is 2.40. The van der Waals surface area contributed by atoms with Crippen LogP contribution in [0.2, 0.25) is 0 Å². The van der Waals surface area contributed by atoms with Gasteiger partial charge in [0.1, 0.15) is 0 Å². The summed E-state index contributed by atoms with van der Waals surface area (Å²) in [6.07, 6.45) is 0. The van der Waals surface area contributed by atoms with Crippen molar-refractivity contribution in [2.75, 3.05) is 0 Å². The molecule has 1 aliphatic rings. The molecule has 0 aromatic carbocycles. The third kappa shape index (κ3) is 1.80. The molecule has 0 bridgehead atoms. The lowest BCUT2D eigenvalue weighted by Crippen LogP contribution is -2.18. The Bertz CT molecular complexity index is 340. The molecule has 0 radical (unpaired) electrons. The Balaban J connectivity index is 3.44. The highest BCUT2D eigenvalue weighted by Crippen LogP contribution is 2.51. The molecule has 0 atom stereocenters. The van der Waals surface area contributed by atoms with Gasteiger partial charge < -0.3 is 4.43 Å². The first-order valence-corrected chi connectivity index (χ1v) is 6.43. The van der Waals surface area contributed by atoms with Gasteiger partial charge in [-0.3, -0.25) is 0 Å². The third-order valence-corrected chi connectivity index (χ3v) is 4.03. The standard InChI is InChI=1S/C13H24OSi/c1-8-9(2)13(6,7)11(14-15)10(8)12(3,4)5/h1-7,15H3. The molecule has 2 heteroatoms. The monoisotopic (exact) mass is 224 g/mol. The van der Waals surface area contributed by atoms with Crippen LogP contribution >= 0.6 is 0 Å². The van der Waals surface area contributed by atoms with E-state index in [1.54, 1.807) is 0 Å². The second-order valence-electron chi connectivity index (χ2n) is 6.03. The molecule has 0 aromatic rings. The minimum Gasteiger partial charge on any atom is -0.555 e. The van der Waals surface area contributed by atoms with Crippen molar-refractivity contribution in [3.63, 3.8) is 0 Å². The maximum absolute atomic E-state index is 5.78. The smallest absolute Gasteiger partial charge is 0.203 e. The van der Waals surface area contributed by atoms with E-state index in [1.807, 2.05) is 0 Å². The molecule has 0 spiro atoms. The summed E-state index contributed by atoms with van der Waals surface area (Å²) in [6.45, 7) is 15.8. The van der Waals surface area contributed by atoms with E-state index in [2.05, 4.69) is 48.5 Å². The molecule has 1 nitrogen and oxygen atoms in total. The molecular weight excluding hydrogens is 200 g/mol. The summed E-state index contributed by atoms with van der Waals surface area (Å²) in [7, 11) is 0.773. The van der Waals surface area contributed by atoms with Gasteiger partial charge in [0, 0.05) is 5.41 Å². The fraction of sp³-hybridized carbons (Fsp3) is 0.692. The van der Waals surface area contributed by atoms with Gasteiger partial charge in [-0.2, -0.15) is 0 Å². The lowest BCUT2D eigenvalue weighted by molar-refractivity contribution is 0.320. The van der Waals surface area contributed by atoms with Gasteiger partial charge in [-0.05, 0) is 44.3 Å². The number of hydrogen-bond donors (Lipinski definition) is 0. The summed E-state index contributed by atoms with van der Waals surface area (Å²) in [6, 6.07) is 0. The van der Waals surface area contributed by atoms with Crippen molar-refractivity contribution in [1.29, 1.82) is 0 Å². The number of rotatable bonds is 1. The molecule has 0 saturated carbocycles. The van der Waals surface area contributed by atoms with Crippen LogP contribution in [0.1, 0.15) is 48.5 Å². The first-order valence-electron chi connectivity index (χ1n) is 5.61. The van der Waals surface area contributed by atoms with E-state index in [0.29, 0.717) is 0 Å². The van der Waals surface area contributed by atoms with Gasteiger partial charge in [0.25, 0.3) is 0 Å². The summed E-state index contributed by atoms with van der Waals surface area (Å²) >= 11 is 0. The quantitative estimate of drug-likeness (QED) is 0.622. The van der Waals surface area contributed by atoms with Crippen LogP contribution in [0.5, 0.6) is 0 Å². The van der Waals surface area contributed by atoms with Gasteiger partial charge in [0.2, 0.25) is 10.5 Å². The van der Waals surface area contributed by atoms with Crippen molar-refractivity contribution in [3.05, 3.63) is 22.5 Å². The van der Waals surface area contributed by atoms with Gasteiger partial charge in [0.15, 0.2) is 0 Å². The predicted octanol–water partition coefficient (Wildman–Crippen LogP) is 2.96. The van der Waals surface area contributed by atoms with E-state index >= 15 is 0 Å². The molecule has 1 aliphatic carbocycles. The molecule has 0 aromatic heterocycles. The second-order valence-corrected chi connectivity index (χ2v) is 6.44. The van der Waals surface area contributed by atoms with E-state index < -0.39 is 0 Å². The Morgan fingerprint density at radius 3 is 1.87 bits per heavy atom. The van der Waals surface area contributed by atoms with E-state index in [0.717, 1.165) is 10.5 Å². The molecule has 0 fully saturated rings. The van der Waals surface area contributed by atoms with Crippen molar-refractivity contribution >= 4 is 10.5 Å². The molecule has 15 heavy (non-hydrogen) atoms. The summed E-state index contributed by atoms with van der Waals surface area (Å²) in [5.74, 6) is 1.21. The minimum absolute atomic E-state index is 0.0917. The second kappa shape index (κ2) is 3.51. The first-order chi connectivity index (χ1) is 6.64. The van der Waals surface area contributed by atoms with Gasteiger partial charge >= 0.3 is 0 Å². The fourth-order valence-electron chi connectivity index (χ4n) is 2.57. The van der Waals surface area contributed by atoms with Gasteiger partial charge in [0.05, 0.1) is 5.76 Å². The Morgan fingerprint density at radius 2 is 1.60 bits per heavy atom. The Kier molecular flexibility index (Phi) is 2.94. The molecule has 0 unspecified atom stereocenters. The Labute approximate surface area is 97.1 Å². The Morgan fingerprint density at radius 1 is 1.13 bits per heavy atom. The van der Waals surface area contributed by atoms with Crippen LogP contribution in [0, 0.1) is 10.8 Å². The summed E-state index contributed by atoms with van der Waals surface area (Å²) in [4.78, 5) is 0. The van der Waals surface area contributed by atoms with Crippen molar-refractivity contribution in [2.45, 2.75) is 48.5 Å². The van der Waals surface area contributed by atoms with E-state index in [-0.39, 0.29) is 10.8 Å². The zero-order chi connectivity index (χ0) is 12.0. The zero-order valence-corrected chi connectivity index (χ0v) is 13.4. The average molecular weight is 224 g/mol. The van der Waals surface area contributed by atoms with Gasteiger partial charge in [-0.1, -0.05) is 26.3 Å². The number of hydrogen-bond acceptors (Lipinski definition) is 1. The van der Waals surface area contributed by atoms with Crippen LogP contribution in [0.15, 0.2) is 22.5 Å². The topological polar surface area (TPSA) is 9.23 Å². The van der Waals surface area contributed by atoms with Crippen LogP contribution in [0.4, 0.5) is 0 Å². The van der Waals surface area contributed by atoms with E-state index in [1.165, 1.54) is 22.5 Å². The maximum atomic E-state index is 5.78. The highest BCUT2D eigenvalue weighted by molar-refractivity contribution is 5.99. The lowest BCUT2D eigenvalue weighted by Gasteiger charge is -2.28. The molecule has 1 rings (SSSR count). The molecular formula is C13H24OSi. The molecule has 0 saturated heterocycles. The Hall–Kier alpha value is -0.503. The average Bonchev–Trinajstić information content (AvgIpc) is 2.24. The van der Waals surface area contributed by atoms with Crippen LogP contribution in [0.25, 0.3) is 0 Å². The molecule has 0 amide bonds. The van der Waals surface area contributed by atoms with Gasteiger partial charge in [-0.15, -0.1) is 0 Å². The van der Waals surface area contributed by atoms with Crippen LogP contribution in [-0.4, -0.2) is 10.5 Å². The zero-order valence-electron chi connectivity index (χ0n) is 11.4.